The molecule has 5 heteroatoms. The zero-order valence-electron chi connectivity index (χ0n) is 13.9. The molecule has 0 radical (unpaired) electrons. The Balaban J connectivity index is 2.39. The fourth-order valence-corrected chi connectivity index (χ4v) is 2.79. The average Bonchev–Trinajstić information content (AvgIpc) is 2.69. The van der Waals surface area contributed by atoms with E-state index in [1.54, 1.807) is 4.90 Å². The first kappa shape index (κ1) is 16.8. The molecule has 1 fully saturated rings. The predicted molar refractivity (Wildman–Crippen MR) is 83.3 cm³/mol. The summed E-state index contributed by atoms with van der Waals surface area (Å²) in [5.74, 6) is 0. The summed E-state index contributed by atoms with van der Waals surface area (Å²) < 4.78 is 11.4. The number of rotatable bonds is 2. The van der Waals surface area contributed by atoms with Gasteiger partial charge in [0.05, 0.1) is 12.6 Å². The van der Waals surface area contributed by atoms with Crippen LogP contribution in [0.3, 0.4) is 0 Å². The Hall–Kier alpha value is -1.59. The summed E-state index contributed by atoms with van der Waals surface area (Å²) in [6, 6.07) is 9.20. The molecule has 22 heavy (non-hydrogen) atoms. The summed E-state index contributed by atoms with van der Waals surface area (Å²) in [5, 5.41) is 9.66. The Kier molecular flexibility index (Phi) is 4.49. The molecule has 1 aromatic carbocycles. The minimum atomic E-state index is -0.851. The maximum Gasteiger partial charge on any atom is 0.413 e. The largest absolute Gasteiger partial charge is 0.444 e. The van der Waals surface area contributed by atoms with Crippen LogP contribution in [0.15, 0.2) is 30.3 Å². The number of carbonyl (C=O) groups is 1. The summed E-state index contributed by atoms with van der Waals surface area (Å²) in [4.78, 5) is 14.2. The highest BCUT2D eigenvalue weighted by Gasteiger charge is 2.51. The molecule has 1 aliphatic rings. The molecular formula is C17H25NO4. The number of amides is 1. The van der Waals surface area contributed by atoms with Gasteiger partial charge in [0.15, 0.2) is 0 Å². The molecule has 2 atom stereocenters. The van der Waals surface area contributed by atoms with Gasteiger partial charge in [-0.2, -0.15) is 0 Å². The van der Waals surface area contributed by atoms with Crippen molar-refractivity contribution in [1.82, 2.24) is 4.90 Å². The van der Waals surface area contributed by atoms with Crippen LogP contribution in [-0.4, -0.2) is 40.1 Å². The lowest BCUT2D eigenvalue weighted by atomic mass is 10.0. The first-order valence-electron chi connectivity index (χ1n) is 7.51. The second-order valence-electron chi connectivity index (χ2n) is 6.99. The number of aliphatic hydroxyl groups excluding tert-OH is 1. The van der Waals surface area contributed by atoms with Crippen molar-refractivity contribution in [3.05, 3.63) is 35.9 Å². The lowest BCUT2D eigenvalue weighted by molar-refractivity contribution is -0.0866. The van der Waals surface area contributed by atoms with Gasteiger partial charge in [0.2, 0.25) is 0 Å². The van der Waals surface area contributed by atoms with Gasteiger partial charge >= 0.3 is 6.09 Å². The molecule has 0 bridgehead atoms. The van der Waals surface area contributed by atoms with E-state index < -0.39 is 23.5 Å². The summed E-state index contributed by atoms with van der Waals surface area (Å²) in [5.41, 5.74) is -0.528. The van der Waals surface area contributed by atoms with E-state index in [1.807, 2.05) is 65.0 Å². The van der Waals surface area contributed by atoms with Crippen LogP contribution in [0.5, 0.6) is 0 Å². The number of nitrogens with zero attached hydrogens (tertiary/aromatic N) is 1. The first-order chi connectivity index (χ1) is 10.2. The number of carbonyl (C=O) groups excluding carboxylic acids is 1. The smallest absolute Gasteiger partial charge is 0.413 e. The molecule has 0 unspecified atom stereocenters. The third-order valence-corrected chi connectivity index (χ3v) is 3.56. The van der Waals surface area contributed by atoms with Gasteiger partial charge in [-0.25, -0.2) is 4.79 Å². The molecule has 0 aliphatic carbocycles. The molecule has 122 valence electrons. The van der Waals surface area contributed by atoms with Crippen LogP contribution in [0.1, 0.15) is 46.2 Å². The van der Waals surface area contributed by atoms with Crippen molar-refractivity contribution in [2.24, 2.45) is 0 Å². The number of hydrogen-bond donors (Lipinski definition) is 1. The quantitative estimate of drug-likeness (QED) is 0.912. The summed E-state index contributed by atoms with van der Waals surface area (Å²) in [7, 11) is 0. The molecule has 1 amide bonds. The Morgan fingerprint density at radius 3 is 2.41 bits per heavy atom. The van der Waals surface area contributed by atoms with Crippen LogP contribution in [0.2, 0.25) is 0 Å². The number of ether oxygens (including phenoxy) is 2. The van der Waals surface area contributed by atoms with E-state index in [0.717, 1.165) is 5.56 Å². The van der Waals surface area contributed by atoms with Crippen molar-refractivity contribution < 1.29 is 19.4 Å². The van der Waals surface area contributed by atoms with E-state index in [-0.39, 0.29) is 12.6 Å². The molecule has 1 aliphatic heterocycles. The highest BCUT2D eigenvalue weighted by Crippen LogP contribution is 2.42. The van der Waals surface area contributed by atoms with Gasteiger partial charge in [-0.1, -0.05) is 30.3 Å². The fraction of sp³-hybridized carbons (Fsp3) is 0.588. The second-order valence-corrected chi connectivity index (χ2v) is 6.99. The van der Waals surface area contributed by atoms with Crippen molar-refractivity contribution in [2.75, 3.05) is 6.61 Å². The average molecular weight is 307 g/mol. The van der Waals surface area contributed by atoms with Gasteiger partial charge in [0.25, 0.3) is 0 Å². The van der Waals surface area contributed by atoms with Gasteiger partial charge in [-0.05, 0) is 40.2 Å². The molecule has 1 aromatic rings. The molecule has 0 aromatic heterocycles. The number of hydrogen-bond acceptors (Lipinski definition) is 4. The molecule has 0 saturated carbocycles. The van der Waals surface area contributed by atoms with Crippen molar-refractivity contribution in [3.8, 4) is 0 Å². The highest BCUT2D eigenvalue weighted by molar-refractivity contribution is 5.70. The van der Waals surface area contributed by atoms with Crippen molar-refractivity contribution in [2.45, 2.75) is 58.1 Å². The SMILES string of the molecule is CC(C)(C)OC(=O)N1[C@@H](c2ccccc2)[C@H](CO)OC1(C)C. The summed E-state index contributed by atoms with van der Waals surface area (Å²) >= 11 is 0. The summed E-state index contributed by atoms with van der Waals surface area (Å²) in [6.07, 6.45) is -0.924. The van der Waals surface area contributed by atoms with Crippen LogP contribution in [0.4, 0.5) is 4.79 Å². The molecule has 0 spiro atoms. The number of aliphatic hydroxyl groups is 1. The van der Waals surface area contributed by atoms with E-state index in [1.165, 1.54) is 0 Å². The lowest BCUT2D eigenvalue weighted by Crippen LogP contribution is -2.47. The first-order valence-corrected chi connectivity index (χ1v) is 7.51. The molecule has 1 saturated heterocycles. The van der Waals surface area contributed by atoms with E-state index in [4.69, 9.17) is 9.47 Å². The lowest BCUT2D eigenvalue weighted by Gasteiger charge is -2.35. The topological polar surface area (TPSA) is 59.0 Å². The van der Waals surface area contributed by atoms with E-state index in [0.29, 0.717) is 0 Å². The standard InChI is InChI=1S/C17H25NO4/c1-16(2,3)22-15(20)18-14(12-9-7-6-8-10-12)13(11-19)21-17(18,4)5/h6-10,13-14,19H,11H2,1-5H3/t13-,14-/m0/s1. The van der Waals surface area contributed by atoms with Gasteiger partial charge in [-0.3, -0.25) is 4.90 Å². The Morgan fingerprint density at radius 2 is 1.91 bits per heavy atom. The van der Waals surface area contributed by atoms with Crippen LogP contribution in [0, 0.1) is 0 Å². The third-order valence-electron chi connectivity index (χ3n) is 3.56. The van der Waals surface area contributed by atoms with Crippen LogP contribution in [-0.2, 0) is 9.47 Å². The Bertz CT molecular complexity index is 521. The highest BCUT2D eigenvalue weighted by atomic mass is 16.6. The minimum absolute atomic E-state index is 0.164. The van der Waals surface area contributed by atoms with Gasteiger partial charge < -0.3 is 14.6 Å². The second kappa shape index (κ2) is 5.89. The van der Waals surface area contributed by atoms with Crippen molar-refractivity contribution in [3.63, 3.8) is 0 Å². The van der Waals surface area contributed by atoms with Crippen LogP contribution in [0.25, 0.3) is 0 Å². The molecule has 1 N–H and O–H groups in total. The zero-order valence-corrected chi connectivity index (χ0v) is 13.9. The number of benzene rings is 1. The Morgan fingerprint density at radius 1 is 1.32 bits per heavy atom. The van der Waals surface area contributed by atoms with Gasteiger partial charge in [-0.15, -0.1) is 0 Å². The fourth-order valence-electron chi connectivity index (χ4n) is 2.79. The van der Waals surface area contributed by atoms with Crippen molar-refractivity contribution in [1.29, 1.82) is 0 Å². The predicted octanol–water partition coefficient (Wildman–Crippen LogP) is 3.09. The van der Waals surface area contributed by atoms with Gasteiger partial charge in [0.1, 0.15) is 17.4 Å². The van der Waals surface area contributed by atoms with E-state index in [9.17, 15) is 9.90 Å². The molecular weight excluding hydrogens is 282 g/mol. The normalized spacial score (nSPS) is 24.4. The molecule has 5 nitrogen and oxygen atoms in total. The zero-order chi connectivity index (χ0) is 16.5. The van der Waals surface area contributed by atoms with E-state index in [2.05, 4.69) is 0 Å². The maximum atomic E-state index is 12.7. The van der Waals surface area contributed by atoms with Gasteiger partial charge in [0, 0.05) is 0 Å². The maximum absolute atomic E-state index is 12.7. The minimum Gasteiger partial charge on any atom is -0.444 e. The third kappa shape index (κ3) is 3.42. The van der Waals surface area contributed by atoms with Crippen LogP contribution >= 0.6 is 0 Å². The Labute approximate surface area is 131 Å². The summed E-state index contributed by atoms with van der Waals surface area (Å²) in [6.45, 7) is 8.94. The van der Waals surface area contributed by atoms with Crippen LogP contribution < -0.4 is 0 Å². The molecule has 1 heterocycles. The van der Waals surface area contributed by atoms with Crippen molar-refractivity contribution >= 4 is 6.09 Å². The molecule has 2 rings (SSSR count). The monoisotopic (exact) mass is 307 g/mol. The van der Waals surface area contributed by atoms with E-state index >= 15 is 0 Å².